The molecular weight excluding hydrogens is 406 g/mol. The molecule has 1 saturated heterocycles. The van der Waals surface area contributed by atoms with Crippen LogP contribution in [0.25, 0.3) is 0 Å². The summed E-state index contributed by atoms with van der Waals surface area (Å²) in [5, 5.41) is 11.4. The van der Waals surface area contributed by atoms with Crippen molar-refractivity contribution in [2.45, 2.75) is 31.5 Å². The molecule has 0 spiro atoms. The number of aliphatic hydroxyl groups is 1. The first kappa shape index (κ1) is 21.6. The van der Waals surface area contributed by atoms with Gasteiger partial charge >= 0.3 is 5.97 Å². The van der Waals surface area contributed by atoms with Crippen LogP contribution in [0, 0.1) is 0 Å². The fourth-order valence-corrected chi connectivity index (χ4v) is 3.39. The van der Waals surface area contributed by atoms with Gasteiger partial charge in [0, 0.05) is 6.54 Å². The number of hydrogen-bond donors (Lipinski definition) is 1. The number of rotatable bonds is 5. The molecule has 0 saturated carbocycles. The van der Waals surface area contributed by atoms with E-state index < -0.39 is 11.6 Å². The van der Waals surface area contributed by atoms with Crippen molar-refractivity contribution in [3.8, 4) is 0 Å². The Labute approximate surface area is 170 Å². The summed E-state index contributed by atoms with van der Waals surface area (Å²) >= 11 is 2.94. The number of hydrogen-bond acceptors (Lipinski definition) is 4. The number of likely N-dealkylation sites (tertiary alicyclic amines) is 1. The summed E-state index contributed by atoms with van der Waals surface area (Å²) in [6, 6.07) is 18.0. The number of carbonyl (C=O) groups is 1. The van der Waals surface area contributed by atoms with Crippen molar-refractivity contribution < 1.29 is 14.6 Å². The van der Waals surface area contributed by atoms with Gasteiger partial charge in [-0.1, -0.05) is 83.5 Å². The lowest BCUT2D eigenvalue weighted by Crippen LogP contribution is -2.45. The minimum Gasteiger partial charge on any atom is -0.458 e. The number of esters is 1. The first-order valence-electron chi connectivity index (χ1n) is 9.29. The molecule has 3 rings (SSSR count). The number of nitrogens with zero attached hydrogens (tertiary/aromatic N) is 1. The van der Waals surface area contributed by atoms with E-state index in [1.807, 2.05) is 42.2 Å². The van der Waals surface area contributed by atoms with E-state index in [2.05, 4.69) is 27.8 Å². The van der Waals surface area contributed by atoms with Crippen LogP contribution < -0.4 is 0 Å². The minimum atomic E-state index is -1.79. The summed E-state index contributed by atoms with van der Waals surface area (Å²) in [6.45, 7) is 4.80. The molecule has 0 amide bonds. The van der Waals surface area contributed by atoms with Crippen LogP contribution in [0.4, 0.5) is 0 Å². The van der Waals surface area contributed by atoms with Crippen LogP contribution in [-0.4, -0.2) is 47.5 Å². The molecule has 146 valence electrons. The summed E-state index contributed by atoms with van der Waals surface area (Å²) < 4.78 is 5.77. The Morgan fingerprint density at radius 3 is 2.11 bits per heavy atom. The lowest BCUT2D eigenvalue weighted by molar-refractivity contribution is -0.170. The van der Waals surface area contributed by atoms with Crippen molar-refractivity contribution >= 4 is 21.9 Å². The van der Waals surface area contributed by atoms with Gasteiger partial charge in [0.05, 0.1) is 0 Å². The Bertz CT molecular complexity index is 654. The normalized spacial score (nSPS) is 17.6. The van der Waals surface area contributed by atoms with E-state index in [4.69, 9.17) is 4.74 Å². The Morgan fingerprint density at radius 2 is 1.63 bits per heavy atom. The fourth-order valence-electron chi connectivity index (χ4n) is 3.39. The molecule has 4 nitrogen and oxygen atoms in total. The summed E-state index contributed by atoms with van der Waals surface area (Å²) in [6.07, 6.45) is 1.66. The summed E-state index contributed by atoms with van der Waals surface area (Å²) in [5.41, 5.74) is -0.750. The average Bonchev–Trinajstić information content (AvgIpc) is 2.76. The highest BCUT2D eigenvalue weighted by Crippen LogP contribution is 2.32. The Balaban J connectivity index is 0.00000126. The third-order valence-electron chi connectivity index (χ3n) is 4.86. The van der Waals surface area contributed by atoms with Crippen LogP contribution in [0.3, 0.4) is 0 Å². The number of benzene rings is 2. The zero-order valence-electron chi connectivity index (χ0n) is 16.0. The number of ether oxygens (including phenoxy) is 1. The van der Waals surface area contributed by atoms with E-state index >= 15 is 0 Å². The van der Waals surface area contributed by atoms with Crippen molar-refractivity contribution in [3.05, 3.63) is 71.8 Å². The molecule has 1 unspecified atom stereocenters. The van der Waals surface area contributed by atoms with Crippen LogP contribution in [-0.2, 0) is 15.1 Å². The second-order valence-electron chi connectivity index (χ2n) is 6.51. The van der Waals surface area contributed by atoms with Crippen molar-refractivity contribution in [1.82, 2.24) is 4.90 Å². The van der Waals surface area contributed by atoms with E-state index in [9.17, 15) is 9.90 Å². The highest BCUT2D eigenvalue weighted by Gasteiger charge is 2.43. The second-order valence-corrected chi connectivity index (χ2v) is 6.51. The van der Waals surface area contributed by atoms with Gasteiger partial charge in [-0.05, 0) is 42.9 Å². The van der Waals surface area contributed by atoms with Gasteiger partial charge in [0.1, 0.15) is 6.10 Å². The van der Waals surface area contributed by atoms with E-state index in [1.165, 1.54) is 0 Å². The van der Waals surface area contributed by atoms with E-state index in [-0.39, 0.29) is 6.10 Å². The SMILES string of the molecule is CBr.CCN1CCCC(OC(=O)C(O)(c2ccccc2)c2ccccc2)C1. The summed E-state index contributed by atoms with van der Waals surface area (Å²) in [4.78, 5) is 15.3. The molecule has 0 aromatic heterocycles. The van der Waals surface area contributed by atoms with Gasteiger partial charge in [0.2, 0.25) is 5.60 Å². The number of piperidine rings is 1. The van der Waals surface area contributed by atoms with Gasteiger partial charge in [-0.15, -0.1) is 0 Å². The third kappa shape index (κ3) is 5.18. The van der Waals surface area contributed by atoms with Gasteiger partial charge in [-0.3, -0.25) is 4.90 Å². The number of carbonyl (C=O) groups excluding carboxylic acids is 1. The molecular formula is C22H28BrNO3. The zero-order chi connectivity index (χ0) is 19.7. The van der Waals surface area contributed by atoms with Crippen LogP contribution in [0.5, 0.6) is 0 Å². The maximum atomic E-state index is 13.0. The molecule has 5 heteroatoms. The fraction of sp³-hybridized carbons (Fsp3) is 0.409. The topological polar surface area (TPSA) is 49.8 Å². The molecule has 1 fully saturated rings. The third-order valence-corrected chi connectivity index (χ3v) is 4.86. The highest BCUT2D eigenvalue weighted by atomic mass is 79.9. The van der Waals surface area contributed by atoms with Crippen LogP contribution in [0.2, 0.25) is 0 Å². The van der Waals surface area contributed by atoms with Gasteiger partial charge in [0.25, 0.3) is 0 Å². The predicted octanol–water partition coefficient (Wildman–Crippen LogP) is 3.96. The Morgan fingerprint density at radius 1 is 1.11 bits per heavy atom. The van der Waals surface area contributed by atoms with E-state index in [0.717, 1.165) is 32.5 Å². The lowest BCUT2D eigenvalue weighted by atomic mass is 9.86. The van der Waals surface area contributed by atoms with Crippen LogP contribution in [0.15, 0.2) is 60.7 Å². The summed E-state index contributed by atoms with van der Waals surface area (Å²) in [7, 11) is 0. The highest BCUT2D eigenvalue weighted by molar-refractivity contribution is 9.08. The van der Waals surface area contributed by atoms with E-state index in [0.29, 0.717) is 11.1 Å². The van der Waals surface area contributed by atoms with Crippen molar-refractivity contribution in [1.29, 1.82) is 0 Å². The van der Waals surface area contributed by atoms with Crippen LogP contribution >= 0.6 is 15.9 Å². The van der Waals surface area contributed by atoms with Crippen LogP contribution in [0.1, 0.15) is 30.9 Å². The molecule has 0 aliphatic carbocycles. The van der Waals surface area contributed by atoms with E-state index in [1.54, 1.807) is 24.3 Å². The quantitative estimate of drug-likeness (QED) is 0.572. The predicted molar refractivity (Wildman–Crippen MR) is 112 cm³/mol. The number of halogens is 1. The standard InChI is InChI=1S/C21H25NO3.CH3Br/c1-2-22-15-9-14-19(16-22)25-20(23)21(24,17-10-5-3-6-11-17)18-12-7-4-8-13-18;1-2/h3-8,10-13,19,24H,2,9,14-16H2,1H3;1H3. The van der Waals surface area contributed by atoms with Gasteiger partial charge in [0.15, 0.2) is 0 Å². The van der Waals surface area contributed by atoms with Crippen molar-refractivity contribution in [2.75, 3.05) is 25.5 Å². The molecule has 1 atom stereocenters. The largest absolute Gasteiger partial charge is 0.458 e. The number of alkyl halides is 1. The maximum absolute atomic E-state index is 13.0. The lowest BCUT2D eigenvalue weighted by Gasteiger charge is -2.34. The molecule has 1 aliphatic rings. The summed E-state index contributed by atoms with van der Waals surface area (Å²) in [5.74, 6) is 1.21. The Hall–Kier alpha value is -1.69. The molecule has 27 heavy (non-hydrogen) atoms. The molecule has 2 aromatic rings. The molecule has 1 N–H and O–H groups in total. The molecule has 1 aliphatic heterocycles. The first-order chi connectivity index (χ1) is 13.1. The maximum Gasteiger partial charge on any atom is 0.348 e. The second kappa shape index (κ2) is 10.6. The smallest absolute Gasteiger partial charge is 0.348 e. The van der Waals surface area contributed by atoms with Crippen molar-refractivity contribution in [2.24, 2.45) is 0 Å². The number of likely N-dealkylation sites (N-methyl/N-ethyl adjacent to an activating group) is 1. The monoisotopic (exact) mass is 433 g/mol. The van der Waals surface area contributed by atoms with Crippen molar-refractivity contribution in [3.63, 3.8) is 0 Å². The molecule has 2 aromatic carbocycles. The first-order valence-corrected chi connectivity index (χ1v) is 10.9. The zero-order valence-corrected chi connectivity index (χ0v) is 17.6. The van der Waals surface area contributed by atoms with Gasteiger partial charge in [-0.25, -0.2) is 4.79 Å². The molecule has 0 bridgehead atoms. The molecule has 1 heterocycles. The van der Waals surface area contributed by atoms with Gasteiger partial charge in [-0.2, -0.15) is 0 Å². The molecule has 0 radical (unpaired) electrons. The van der Waals surface area contributed by atoms with Gasteiger partial charge < -0.3 is 9.84 Å². The minimum absolute atomic E-state index is 0.180. The average molecular weight is 434 g/mol. The Kier molecular flexibility index (Phi) is 8.48.